The highest BCUT2D eigenvalue weighted by Crippen LogP contribution is 2.15. The summed E-state index contributed by atoms with van der Waals surface area (Å²) in [6, 6.07) is 16.3. The molecule has 0 atom stereocenters. The van der Waals surface area contributed by atoms with Crippen LogP contribution in [0.3, 0.4) is 0 Å². The van der Waals surface area contributed by atoms with Crippen LogP contribution < -0.4 is 10.2 Å². The zero-order valence-corrected chi connectivity index (χ0v) is 16.1. The SMILES string of the molecule is CC=C(NOCCCOc1cccc(C(=O)O)c1)c1ccc(-n2cccn2)cc1. The van der Waals surface area contributed by atoms with Crippen molar-refractivity contribution < 1.29 is 19.5 Å². The number of allylic oxidation sites excluding steroid dienone is 1. The first kappa shape index (κ1) is 20.2. The van der Waals surface area contributed by atoms with Crippen molar-refractivity contribution in [3.63, 3.8) is 0 Å². The van der Waals surface area contributed by atoms with Gasteiger partial charge in [0.25, 0.3) is 0 Å². The summed E-state index contributed by atoms with van der Waals surface area (Å²) in [5.41, 5.74) is 6.03. The van der Waals surface area contributed by atoms with Gasteiger partial charge in [-0.3, -0.25) is 10.3 Å². The third-order valence-electron chi connectivity index (χ3n) is 4.16. The van der Waals surface area contributed by atoms with Gasteiger partial charge in [0.15, 0.2) is 0 Å². The van der Waals surface area contributed by atoms with E-state index in [1.807, 2.05) is 49.5 Å². The normalized spacial score (nSPS) is 11.3. The predicted molar refractivity (Wildman–Crippen MR) is 110 cm³/mol. The molecule has 0 saturated carbocycles. The summed E-state index contributed by atoms with van der Waals surface area (Å²) < 4.78 is 7.37. The van der Waals surface area contributed by atoms with Crippen molar-refractivity contribution in [1.29, 1.82) is 0 Å². The maximum Gasteiger partial charge on any atom is 0.335 e. The van der Waals surface area contributed by atoms with Gasteiger partial charge in [0.2, 0.25) is 0 Å². The quantitative estimate of drug-likeness (QED) is 0.401. The van der Waals surface area contributed by atoms with Crippen molar-refractivity contribution >= 4 is 11.7 Å². The zero-order chi connectivity index (χ0) is 20.5. The number of carbonyl (C=O) groups is 1. The monoisotopic (exact) mass is 393 g/mol. The Morgan fingerprint density at radius 1 is 1.14 bits per heavy atom. The molecule has 2 aromatic carbocycles. The van der Waals surface area contributed by atoms with Crippen LogP contribution in [-0.4, -0.2) is 34.1 Å². The average molecular weight is 393 g/mol. The first-order valence-corrected chi connectivity index (χ1v) is 9.28. The summed E-state index contributed by atoms with van der Waals surface area (Å²) in [4.78, 5) is 16.5. The molecular formula is C22H23N3O4. The first-order chi connectivity index (χ1) is 14.2. The molecular weight excluding hydrogens is 370 g/mol. The maximum absolute atomic E-state index is 11.0. The number of aromatic nitrogens is 2. The summed E-state index contributed by atoms with van der Waals surface area (Å²) in [7, 11) is 0. The molecule has 7 nitrogen and oxygen atoms in total. The lowest BCUT2D eigenvalue weighted by molar-refractivity contribution is 0.0678. The van der Waals surface area contributed by atoms with Gasteiger partial charge in [-0.25, -0.2) is 9.48 Å². The minimum atomic E-state index is -0.973. The van der Waals surface area contributed by atoms with Crippen LogP contribution in [0.15, 0.2) is 73.1 Å². The van der Waals surface area contributed by atoms with Crippen molar-refractivity contribution in [2.24, 2.45) is 0 Å². The number of nitrogens with zero attached hydrogens (tertiary/aromatic N) is 2. The number of aromatic carboxylic acids is 1. The molecule has 29 heavy (non-hydrogen) atoms. The van der Waals surface area contributed by atoms with Crippen molar-refractivity contribution in [1.82, 2.24) is 15.3 Å². The Hall–Kier alpha value is -3.58. The Morgan fingerprint density at radius 3 is 2.66 bits per heavy atom. The van der Waals surface area contributed by atoms with Gasteiger partial charge in [0.05, 0.1) is 30.2 Å². The largest absolute Gasteiger partial charge is 0.493 e. The second-order valence-electron chi connectivity index (χ2n) is 6.19. The molecule has 0 radical (unpaired) electrons. The predicted octanol–water partition coefficient (Wildman–Crippen LogP) is 3.92. The summed E-state index contributed by atoms with van der Waals surface area (Å²) in [5, 5.41) is 13.2. The Balaban J connectivity index is 1.41. The lowest BCUT2D eigenvalue weighted by Crippen LogP contribution is -2.15. The molecule has 1 heterocycles. The van der Waals surface area contributed by atoms with E-state index in [0.29, 0.717) is 25.4 Å². The number of ether oxygens (including phenoxy) is 1. The van der Waals surface area contributed by atoms with Gasteiger partial charge in [-0.2, -0.15) is 5.10 Å². The van der Waals surface area contributed by atoms with Crippen LogP contribution in [0.4, 0.5) is 0 Å². The molecule has 0 fully saturated rings. The van der Waals surface area contributed by atoms with E-state index in [1.165, 1.54) is 12.1 Å². The number of hydroxylamine groups is 1. The molecule has 0 spiro atoms. The number of hydrogen-bond acceptors (Lipinski definition) is 5. The highest BCUT2D eigenvalue weighted by Gasteiger charge is 2.04. The van der Waals surface area contributed by atoms with Gasteiger partial charge in [-0.15, -0.1) is 0 Å². The van der Waals surface area contributed by atoms with Crippen LogP contribution in [0.5, 0.6) is 5.75 Å². The average Bonchev–Trinajstić information content (AvgIpc) is 3.29. The summed E-state index contributed by atoms with van der Waals surface area (Å²) in [6.45, 7) is 2.81. The molecule has 7 heteroatoms. The molecule has 0 bridgehead atoms. The van der Waals surface area contributed by atoms with Crippen LogP contribution in [0.1, 0.15) is 29.3 Å². The van der Waals surface area contributed by atoms with Crippen molar-refractivity contribution in [2.75, 3.05) is 13.2 Å². The molecule has 0 aliphatic carbocycles. The van der Waals surface area contributed by atoms with E-state index in [1.54, 1.807) is 23.0 Å². The Morgan fingerprint density at radius 2 is 1.97 bits per heavy atom. The standard InChI is InChI=1S/C22H23N3O4/c1-2-21(17-8-10-19(11-9-17)25-13-4-12-23-25)24-29-15-5-14-28-20-7-3-6-18(16-20)22(26)27/h2-4,6-13,16,24H,5,14-15H2,1H3,(H,26,27). The maximum atomic E-state index is 11.0. The Labute approximate surface area is 169 Å². The second kappa shape index (κ2) is 10.1. The van der Waals surface area contributed by atoms with Gasteiger partial charge < -0.3 is 9.84 Å². The molecule has 150 valence electrons. The minimum absolute atomic E-state index is 0.205. The van der Waals surface area contributed by atoms with E-state index in [2.05, 4.69) is 10.6 Å². The van der Waals surface area contributed by atoms with Gasteiger partial charge in [0.1, 0.15) is 5.75 Å². The number of carboxylic acids is 1. The molecule has 2 N–H and O–H groups in total. The summed E-state index contributed by atoms with van der Waals surface area (Å²) >= 11 is 0. The van der Waals surface area contributed by atoms with Gasteiger partial charge in [-0.1, -0.05) is 24.3 Å². The van der Waals surface area contributed by atoms with Crippen molar-refractivity contribution in [3.8, 4) is 11.4 Å². The fourth-order valence-corrected chi connectivity index (χ4v) is 2.67. The van der Waals surface area contributed by atoms with Crippen LogP contribution in [-0.2, 0) is 4.84 Å². The minimum Gasteiger partial charge on any atom is -0.493 e. The lowest BCUT2D eigenvalue weighted by Gasteiger charge is -2.12. The fraction of sp³-hybridized carbons (Fsp3) is 0.182. The highest BCUT2D eigenvalue weighted by molar-refractivity contribution is 5.88. The number of nitrogens with one attached hydrogen (secondary N) is 1. The molecule has 0 amide bonds. The van der Waals surface area contributed by atoms with Gasteiger partial charge in [-0.05, 0) is 48.9 Å². The van der Waals surface area contributed by atoms with Gasteiger partial charge in [0, 0.05) is 18.8 Å². The van der Waals surface area contributed by atoms with Crippen LogP contribution in [0.25, 0.3) is 11.4 Å². The van der Waals surface area contributed by atoms with E-state index in [4.69, 9.17) is 14.7 Å². The molecule has 3 rings (SSSR count). The molecule has 1 aromatic heterocycles. The fourth-order valence-electron chi connectivity index (χ4n) is 2.67. The van der Waals surface area contributed by atoms with E-state index < -0.39 is 5.97 Å². The molecule has 0 aliphatic heterocycles. The third-order valence-corrected chi connectivity index (χ3v) is 4.16. The van der Waals surface area contributed by atoms with E-state index >= 15 is 0 Å². The zero-order valence-electron chi connectivity index (χ0n) is 16.1. The topological polar surface area (TPSA) is 85.6 Å². The molecule has 0 saturated heterocycles. The smallest absolute Gasteiger partial charge is 0.335 e. The van der Waals surface area contributed by atoms with Crippen molar-refractivity contribution in [3.05, 3.63) is 84.2 Å². The number of hydrogen-bond donors (Lipinski definition) is 2. The van der Waals surface area contributed by atoms with Crippen LogP contribution >= 0.6 is 0 Å². The number of rotatable bonds is 10. The Bertz CT molecular complexity index is 950. The van der Waals surface area contributed by atoms with E-state index in [0.717, 1.165) is 16.9 Å². The van der Waals surface area contributed by atoms with E-state index in [-0.39, 0.29) is 5.56 Å². The molecule has 0 unspecified atom stereocenters. The van der Waals surface area contributed by atoms with Crippen LogP contribution in [0.2, 0.25) is 0 Å². The number of carboxylic acid groups (broad SMARTS) is 1. The Kier molecular flexibility index (Phi) is 7.02. The van der Waals surface area contributed by atoms with E-state index in [9.17, 15) is 4.79 Å². The first-order valence-electron chi connectivity index (χ1n) is 9.28. The van der Waals surface area contributed by atoms with Gasteiger partial charge >= 0.3 is 5.97 Å². The summed E-state index contributed by atoms with van der Waals surface area (Å²) in [6.07, 6.45) is 6.23. The molecule has 0 aliphatic rings. The second-order valence-corrected chi connectivity index (χ2v) is 6.19. The number of benzene rings is 2. The lowest BCUT2D eigenvalue weighted by atomic mass is 10.1. The van der Waals surface area contributed by atoms with Crippen LogP contribution in [0, 0.1) is 0 Å². The summed E-state index contributed by atoms with van der Waals surface area (Å²) in [5.74, 6) is -0.441. The third kappa shape index (κ3) is 5.70. The highest BCUT2D eigenvalue weighted by atomic mass is 16.6. The molecule has 3 aromatic rings. The van der Waals surface area contributed by atoms with Crippen molar-refractivity contribution in [2.45, 2.75) is 13.3 Å².